The first kappa shape index (κ1) is 17.5. The molecule has 1 aromatic rings. The third-order valence-corrected chi connectivity index (χ3v) is 3.70. The number of nitrogens with two attached hydrogens (primary N) is 1. The average molecular weight is 291 g/mol. The van der Waals surface area contributed by atoms with E-state index in [0.29, 0.717) is 18.9 Å². The third-order valence-electron chi connectivity index (χ3n) is 3.70. The van der Waals surface area contributed by atoms with Crippen LogP contribution in [0.2, 0.25) is 0 Å². The minimum Gasteiger partial charge on any atom is -0.380 e. The number of rotatable bonds is 8. The van der Waals surface area contributed by atoms with E-state index in [1.165, 1.54) is 0 Å². The largest absolute Gasteiger partial charge is 0.380 e. The molecule has 1 amide bonds. The number of benzene rings is 1. The summed E-state index contributed by atoms with van der Waals surface area (Å²) < 4.78 is 0. The lowest BCUT2D eigenvalue weighted by molar-refractivity contribution is -0.126. The highest BCUT2D eigenvalue weighted by atomic mass is 16.2. The Hall–Kier alpha value is -1.55. The summed E-state index contributed by atoms with van der Waals surface area (Å²) >= 11 is 0. The van der Waals surface area contributed by atoms with Crippen molar-refractivity contribution < 1.29 is 4.79 Å². The van der Waals surface area contributed by atoms with Gasteiger partial charge in [0.15, 0.2) is 0 Å². The standard InChI is InChI=1S/C17H29N3O/c1-5-11-17(4,18)16(21)19-12-15(13(2)3)20-14-9-7-6-8-10-14/h6-10,13,15,20H,5,11-12,18H2,1-4H3,(H,19,21). The Labute approximate surface area is 128 Å². The van der Waals surface area contributed by atoms with Crippen LogP contribution in [-0.4, -0.2) is 24.0 Å². The maximum Gasteiger partial charge on any atom is 0.239 e. The van der Waals surface area contributed by atoms with Crippen LogP contribution in [0.25, 0.3) is 0 Å². The zero-order chi connectivity index (χ0) is 15.9. The number of carbonyl (C=O) groups is 1. The Balaban J connectivity index is 2.58. The molecule has 1 aromatic carbocycles. The predicted octanol–water partition coefficient (Wildman–Crippen LogP) is 2.76. The van der Waals surface area contributed by atoms with Crippen LogP contribution < -0.4 is 16.4 Å². The first-order chi connectivity index (χ1) is 9.86. The van der Waals surface area contributed by atoms with E-state index in [-0.39, 0.29) is 11.9 Å². The van der Waals surface area contributed by atoms with Gasteiger partial charge in [0.2, 0.25) is 5.91 Å². The molecule has 0 bridgehead atoms. The van der Waals surface area contributed by atoms with E-state index in [1.807, 2.05) is 37.3 Å². The highest BCUT2D eigenvalue weighted by Crippen LogP contribution is 2.13. The van der Waals surface area contributed by atoms with Crippen LogP contribution >= 0.6 is 0 Å². The van der Waals surface area contributed by atoms with Crippen LogP contribution in [0, 0.1) is 5.92 Å². The summed E-state index contributed by atoms with van der Waals surface area (Å²) in [5.74, 6) is 0.325. The van der Waals surface area contributed by atoms with Crippen molar-refractivity contribution in [1.29, 1.82) is 0 Å². The van der Waals surface area contributed by atoms with E-state index in [1.54, 1.807) is 6.92 Å². The summed E-state index contributed by atoms with van der Waals surface area (Å²) in [6, 6.07) is 10.2. The van der Waals surface area contributed by atoms with E-state index >= 15 is 0 Å². The molecular weight excluding hydrogens is 262 g/mol. The summed E-state index contributed by atoms with van der Waals surface area (Å²) in [6.45, 7) is 8.68. The lowest BCUT2D eigenvalue weighted by atomic mass is 9.96. The molecular formula is C17H29N3O. The van der Waals surface area contributed by atoms with Gasteiger partial charge in [-0.25, -0.2) is 0 Å². The number of anilines is 1. The summed E-state index contributed by atoms with van der Waals surface area (Å²) in [7, 11) is 0. The molecule has 0 spiro atoms. The van der Waals surface area contributed by atoms with Gasteiger partial charge in [-0.2, -0.15) is 0 Å². The lowest BCUT2D eigenvalue weighted by Crippen LogP contribution is -2.53. The molecule has 0 aliphatic carbocycles. The van der Waals surface area contributed by atoms with E-state index in [0.717, 1.165) is 12.1 Å². The van der Waals surface area contributed by atoms with E-state index in [9.17, 15) is 4.79 Å². The van der Waals surface area contributed by atoms with Crippen molar-refractivity contribution in [3.63, 3.8) is 0 Å². The molecule has 2 atom stereocenters. The van der Waals surface area contributed by atoms with E-state index < -0.39 is 5.54 Å². The quantitative estimate of drug-likeness (QED) is 0.690. The van der Waals surface area contributed by atoms with Crippen LogP contribution in [0.3, 0.4) is 0 Å². The fourth-order valence-corrected chi connectivity index (χ4v) is 2.24. The number of para-hydroxylation sites is 1. The SMILES string of the molecule is CCCC(C)(N)C(=O)NCC(Nc1ccccc1)C(C)C. The Morgan fingerprint density at radius 1 is 1.29 bits per heavy atom. The van der Waals surface area contributed by atoms with Gasteiger partial charge >= 0.3 is 0 Å². The third kappa shape index (κ3) is 5.76. The van der Waals surface area contributed by atoms with Gasteiger partial charge < -0.3 is 16.4 Å². The molecule has 1 rings (SSSR count). The second-order valence-corrected chi connectivity index (χ2v) is 6.24. The molecule has 21 heavy (non-hydrogen) atoms. The molecule has 0 aliphatic heterocycles. The maximum absolute atomic E-state index is 12.2. The molecule has 2 unspecified atom stereocenters. The highest BCUT2D eigenvalue weighted by molar-refractivity contribution is 5.85. The molecule has 0 heterocycles. The maximum atomic E-state index is 12.2. The van der Waals surface area contributed by atoms with Gasteiger partial charge in [0.1, 0.15) is 0 Å². The van der Waals surface area contributed by atoms with Gasteiger partial charge in [-0.3, -0.25) is 4.79 Å². The molecule has 0 radical (unpaired) electrons. The Bertz CT molecular complexity index is 429. The minimum absolute atomic E-state index is 0.0788. The second kappa shape index (κ2) is 8.03. The number of amides is 1. The fourth-order valence-electron chi connectivity index (χ4n) is 2.24. The zero-order valence-electron chi connectivity index (χ0n) is 13.6. The molecule has 0 fully saturated rings. The van der Waals surface area contributed by atoms with E-state index in [2.05, 4.69) is 24.5 Å². The number of nitrogens with one attached hydrogen (secondary N) is 2. The summed E-state index contributed by atoms with van der Waals surface area (Å²) in [5.41, 5.74) is 6.33. The second-order valence-electron chi connectivity index (χ2n) is 6.24. The normalized spacial score (nSPS) is 15.3. The molecule has 4 heteroatoms. The summed E-state index contributed by atoms with van der Waals surface area (Å²) in [6.07, 6.45) is 1.59. The van der Waals surface area contributed by atoms with Crippen molar-refractivity contribution >= 4 is 11.6 Å². The molecule has 0 aliphatic rings. The smallest absolute Gasteiger partial charge is 0.239 e. The minimum atomic E-state index is -0.789. The Morgan fingerprint density at radius 3 is 2.43 bits per heavy atom. The number of hydrogen-bond acceptors (Lipinski definition) is 3. The van der Waals surface area contributed by atoms with Crippen molar-refractivity contribution in [2.45, 2.75) is 52.1 Å². The van der Waals surface area contributed by atoms with E-state index in [4.69, 9.17) is 5.73 Å². The lowest BCUT2D eigenvalue weighted by Gasteiger charge is -2.27. The van der Waals surface area contributed by atoms with Gasteiger partial charge in [-0.1, -0.05) is 45.4 Å². The molecule has 0 aromatic heterocycles. The molecule has 0 saturated carbocycles. The molecule has 4 N–H and O–H groups in total. The van der Waals surface area contributed by atoms with Crippen LogP contribution in [0.1, 0.15) is 40.5 Å². The zero-order valence-corrected chi connectivity index (χ0v) is 13.6. The number of carbonyl (C=O) groups excluding carboxylic acids is 1. The van der Waals surface area contributed by atoms with Crippen LogP contribution in [0.15, 0.2) is 30.3 Å². The first-order valence-corrected chi connectivity index (χ1v) is 7.75. The van der Waals surface area contributed by atoms with Gasteiger partial charge in [0.05, 0.1) is 5.54 Å². The molecule has 4 nitrogen and oxygen atoms in total. The topological polar surface area (TPSA) is 67.2 Å². The summed E-state index contributed by atoms with van der Waals surface area (Å²) in [4.78, 5) is 12.2. The summed E-state index contributed by atoms with van der Waals surface area (Å²) in [5, 5.41) is 6.44. The van der Waals surface area contributed by atoms with Crippen LogP contribution in [-0.2, 0) is 4.79 Å². The van der Waals surface area contributed by atoms with Crippen molar-refractivity contribution in [2.75, 3.05) is 11.9 Å². The van der Waals surface area contributed by atoms with Crippen LogP contribution in [0.4, 0.5) is 5.69 Å². The Kier molecular flexibility index (Phi) is 6.69. The molecule has 0 saturated heterocycles. The van der Waals surface area contributed by atoms with Crippen molar-refractivity contribution in [3.8, 4) is 0 Å². The van der Waals surface area contributed by atoms with Gasteiger partial charge in [-0.15, -0.1) is 0 Å². The Morgan fingerprint density at radius 2 is 1.90 bits per heavy atom. The highest BCUT2D eigenvalue weighted by Gasteiger charge is 2.27. The molecule has 118 valence electrons. The van der Waals surface area contributed by atoms with Crippen LogP contribution in [0.5, 0.6) is 0 Å². The monoisotopic (exact) mass is 291 g/mol. The van der Waals surface area contributed by atoms with Crippen molar-refractivity contribution in [3.05, 3.63) is 30.3 Å². The van der Waals surface area contributed by atoms with Gasteiger partial charge in [0.25, 0.3) is 0 Å². The fraction of sp³-hybridized carbons (Fsp3) is 0.588. The average Bonchev–Trinajstić information content (AvgIpc) is 2.43. The predicted molar refractivity (Wildman–Crippen MR) is 89.2 cm³/mol. The number of hydrogen-bond donors (Lipinski definition) is 3. The first-order valence-electron chi connectivity index (χ1n) is 7.75. The van der Waals surface area contributed by atoms with Gasteiger partial charge in [0, 0.05) is 18.3 Å². The van der Waals surface area contributed by atoms with Crippen molar-refractivity contribution in [2.24, 2.45) is 11.7 Å². The van der Waals surface area contributed by atoms with Gasteiger partial charge in [-0.05, 0) is 31.4 Å². The van der Waals surface area contributed by atoms with Crippen molar-refractivity contribution in [1.82, 2.24) is 5.32 Å².